The van der Waals surface area contributed by atoms with Gasteiger partial charge in [-0.25, -0.2) is 9.59 Å². The van der Waals surface area contributed by atoms with Crippen molar-refractivity contribution in [2.75, 3.05) is 0 Å². The van der Waals surface area contributed by atoms with Gasteiger partial charge in [0.25, 0.3) is 0 Å². The maximum atomic E-state index is 11.9. The number of fused-ring (bicyclic) bond motifs is 1. The highest BCUT2D eigenvalue weighted by Gasteiger charge is 2.28. The quantitative estimate of drug-likeness (QED) is 0.684. The number of amides is 1. The van der Waals surface area contributed by atoms with Gasteiger partial charge in [0.15, 0.2) is 0 Å². The number of carbonyl (C=O) groups is 2. The molecular weight excluding hydrogens is 286 g/mol. The highest BCUT2D eigenvalue weighted by atomic mass is 16.5. The summed E-state index contributed by atoms with van der Waals surface area (Å²) in [6.07, 6.45) is 0.769. The van der Waals surface area contributed by atoms with Crippen LogP contribution in [-0.4, -0.2) is 17.9 Å². The molecule has 0 bridgehead atoms. The fourth-order valence-electron chi connectivity index (χ4n) is 2.50. The molecule has 1 aromatic heterocycles. The minimum absolute atomic E-state index is 0.0314. The largest absolute Gasteiger partial charge is 0.459 e. The van der Waals surface area contributed by atoms with Gasteiger partial charge in [0.05, 0.1) is 0 Å². The van der Waals surface area contributed by atoms with Crippen molar-refractivity contribution in [2.24, 2.45) is 0 Å². The van der Waals surface area contributed by atoms with Crippen molar-refractivity contribution in [1.29, 1.82) is 0 Å². The first-order valence-corrected chi connectivity index (χ1v) is 7.02. The molecule has 1 fully saturated rings. The van der Waals surface area contributed by atoms with Crippen LogP contribution in [0.25, 0.3) is 11.0 Å². The zero-order valence-corrected chi connectivity index (χ0v) is 12.0. The lowest BCUT2D eigenvalue weighted by Crippen LogP contribution is -2.34. The molecule has 2 heterocycles. The lowest BCUT2D eigenvalue weighted by atomic mass is 10.1. The summed E-state index contributed by atoms with van der Waals surface area (Å²) in [5.74, 6) is -0.636. The highest BCUT2D eigenvalue weighted by molar-refractivity contribution is 5.88. The molecule has 1 aromatic carbocycles. The number of hydrogen-bond acceptors (Lipinski definition) is 5. The summed E-state index contributed by atoms with van der Waals surface area (Å²) >= 11 is 0. The number of hydrogen-bond donors (Lipinski definition) is 1. The first kappa shape index (κ1) is 14.3. The lowest BCUT2D eigenvalue weighted by molar-refractivity contribution is -0.147. The second-order valence-corrected chi connectivity index (χ2v) is 5.36. The smallest absolute Gasteiger partial charge is 0.336 e. The third-order valence-electron chi connectivity index (χ3n) is 3.64. The van der Waals surface area contributed by atoms with E-state index in [2.05, 4.69) is 5.32 Å². The molecule has 0 unspecified atom stereocenters. The molecule has 2 aromatic rings. The van der Waals surface area contributed by atoms with E-state index in [0.717, 1.165) is 10.9 Å². The predicted octanol–water partition coefficient (Wildman–Crippen LogP) is 1.42. The van der Waals surface area contributed by atoms with Gasteiger partial charge in [0, 0.05) is 23.4 Å². The molecular formula is C16H15NO5. The maximum absolute atomic E-state index is 11.9. The van der Waals surface area contributed by atoms with Crippen molar-refractivity contribution in [2.45, 2.75) is 32.4 Å². The molecule has 6 heteroatoms. The minimum atomic E-state index is -0.596. The van der Waals surface area contributed by atoms with Crippen LogP contribution in [-0.2, 0) is 20.9 Å². The molecule has 0 spiro atoms. The highest BCUT2D eigenvalue weighted by Crippen LogP contribution is 2.19. The molecule has 22 heavy (non-hydrogen) atoms. The van der Waals surface area contributed by atoms with Crippen molar-refractivity contribution in [3.63, 3.8) is 0 Å². The van der Waals surface area contributed by atoms with Crippen LogP contribution in [0.1, 0.15) is 24.0 Å². The molecule has 1 aliphatic heterocycles. The maximum Gasteiger partial charge on any atom is 0.336 e. The number of ether oxygens (including phenoxy) is 1. The summed E-state index contributed by atoms with van der Waals surface area (Å²) in [5.41, 5.74) is 1.54. The van der Waals surface area contributed by atoms with Gasteiger partial charge in [-0.2, -0.15) is 0 Å². The Balaban J connectivity index is 1.80. The Labute approximate surface area is 126 Å². The molecule has 1 atom stereocenters. The van der Waals surface area contributed by atoms with Crippen molar-refractivity contribution in [3.05, 3.63) is 45.8 Å². The van der Waals surface area contributed by atoms with E-state index >= 15 is 0 Å². The molecule has 1 amide bonds. The molecule has 0 saturated carbocycles. The number of aryl methyl sites for hydroxylation is 1. The van der Waals surface area contributed by atoms with E-state index in [4.69, 9.17) is 9.15 Å². The monoisotopic (exact) mass is 301 g/mol. The SMILES string of the molecule is Cc1ccc2c(COC(=O)[C@H]3CCC(=O)N3)cc(=O)oc2c1. The zero-order chi connectivity index (χ0) is 15.7. The molecule has 1 N–H and O–H groups in total. The van der Waals surface area contributed by atoms with Crippen LogP contribution in [0.2, 0.25) is 0 Å². The summed E-state index contributed by atoms with van der Waals surface area (Å²) in [4.78, 5) is 34.6. The Morgan fingerprint density at radius 1 is 1.36 bits per heavy atom. The number of carbonyl (C=O) groups excluding carboxylic acids is 2. The molecule has 3 rings (SSSR count). The average Bonchev–Trinajstić information content (AvgIpc) is 2.90. The molecule has 114 valence electrons. The van der Waals surface area contributed by atoms with Gasteiger partial charge in [-0.15, -0.1) is 0 Å². The van der Waals surface area contributed by atoms with Crippen molar-refractivity contribution in [3.8, 4) is 0 Å². The molecule has 0 aliphatic carbocycles. The van der Waals surface area contributed by atoms with Crippen molar-refractivity contribution >= 4 is 22.8 Å². The van der Waals surface area contributed by atoms with Gasteiger partial charge in [0.1, 0.15) is 18.2 Å². The lowest BCUT2D eigenvalue weighted by Gasteiger charge is -2.11. The zero-order valence-electron chi connectivity index (χ0n) is 12.0. The molecule has 6 nitrogen and oxygen atoms in total. The van der Waals surface area contributed by atoms with Crippen LogP contribution >= 0.6 is 0 Å². The number of benzene rings is 1. The Hall–Kier alpha value is -2.63. The standard InChI is InChI=1S/C16H15NO5/c1-9-2-3-11-10(7-15(19)22-13(11)6-9)8-21-16(20)12-4-5-14(18)17-12/h2-3,6-7,12H,4-5,8H2,1H3,(H,17,18)/t12-/m1/s1. The van der Waals surface area contributed by atoms with E-state index in [9.17, 15) is 14.4 Å². The Morgan fingerprint density at radius 3 is 2.91 bits per heavy atom. The molecule has 0 radical (unpaired) electrons. The van der Waals surface area contributed by atoms with Crippen LogP contribution in [0.15, 0.2) is 33.5 Å². The van der Waals surface area contributed by atoms with E-state index in [-0.39, 0.29) is 12.5 Å². The number of esters is 1. The van der Waals surface area contributed by atoms with Gasteiger partial charge in [-0.3, -0.25) is 4.79 Å². The van der Waals surface area contributed by atoms with Crippen LogP contribution in [0, 0.1) is 6.92 Å². The van der Waals surface area contributed by atoms with Gasteiger partial charge < -0.3 is 14.5 Å². The predicted molar refractivity (Wildman–Crippen MR) is 78.2 cm³/mol. The van der Waals surface area contributed by atoms with E-state index in [1.54, 1.807) is 6.07 Å². The molecule has 1 saturated heterocycles. The normalized spacial score (nSPS) is 17.5. The minimum Gasteiger partial charge on any atom is -0.459 e. The first-order chi connectivity index (χ1) is 10.5. The van der Waals surface area contributed by atoms with Gasteiger partial charge in [-0.05, 0) is 25.0 Å². The third-order valence-corrected chi connectivity index (χ3v) is 3.64. The second kappa shape index (κ2) is 5.63. The summed E-state index contributed by atoms with van der Waals surface area (Å²) in [6.45, 7) is 1.87. The van der Waals surface area contributed by atoms with Gasteiger partial charge in [-0.1, -0.05) is 12.1 Å². The van der Waals surface area contributed by atoms with Gasteiger partial charge >= 0.3 is 11.6 Å². The first-order valence-electron chi connectivity index (χ1n) is 7.02. The number of nitrogens with one attached hydrogen (secondary N) is 1. The van der Waals surface area contributed by atoms with Crippen LogP contribution < -0.4 is 10.9 Å². The van der Waals surface area contributed by atoms with E-state index in [0.29, 0.717) is 24.0 Å². The van der Waals surface area contributed by atoms with Crippen LogP contribution in [0.4, 0.5) is 0 Å². The summed E-state index contributed by atoms with van der Waals surface area (Å²) in [6, 6.07) is 6.21. The summed E-state index contributed by atoms with van der Waals surface area (Å²) in [5, 5.41) is 3.28. The third kappa shape index (κ3) is 2.86. The van der Waals surface area contributed by atoms with Crippen molar-refractivity contribution in [1.82, 2.24) is 5.32 Å². The number of rotatable bonds is 3. The van der Waals surface area contributed by atoms with E-state index < -0.39 is 17.6 Å². The van der Waals surface area contributed by atoms with E-state index in [1.807, 2.05) is 19.1 Å². The van der Waals surface area contributed by atoms with Crippen LogP contribution in [0.3, 0.4) is 0 Å². The summed E-state index contributed by atoms with van der Waals surface area (Å²) < 4.78 is 10.4. The topological polar surface area (TPSA) is 85.6 Å². The van der Waals surface area contributed by atoms with Crippen LogP contribution in [0.5, 0.6) is 0 Å². The fourth-order valence-corrected chi connectivity index (χ4v) is 2.50. The summed E-state index contributed by atoms with van der Waals surface area (Å²) in [7, 11) is 0. The average molecular weight is 301 g/mol. The Bertz CT molecular complexity index is 808. The second-order valence-electron chi connectivity index (χ2n) is 5.36. The van der Waals surface area contributed by atoms with Crippen molar-refractivity contribution < 1.29 is 18.7 Å². The Kier molecular flexibility index (Phi) is 3.66. The van der Waals surface area contributed by atoms with E-state index in [1.165, 1.54) is 6.07 Å². The van der Waals surface area contributed by atoms with Gasteiger partial charge in [0.2, 0.25) is 5.91 Å². The molecule has 1 aliphatic rings. The fraction of sp³-hybridized carbons (Fsp3) is 0.312. The Morgan fingerprint density at radius 2 is 2.18 bits per heavy atom.